The first-order valence-corrected chi connectivity index (χ1v) is 12.7. The van der Waals surface area contributed by atoms with E-state index in [9.17, 15) is 13.2 Å². The van der Waals surface area contributed by atoms with E-state index in [0.717, 1.165) is 17.0 Å². The van der Waals surface area contributed by atoms with Gasteiger partial charge in [0.1, 0.15) is 11.8 Å². The Morgan fingerprint density at radius 3 is 2.12 bits per heavy atom. The van der Waals surface area contributed by atoms with Crippen LogP contribution in [0.1, 0.15) is 5.56 Å². The summed E-state index contributed by atoms with van der Waals surface area (Å²) in [6.45, 7) is 2.26. The van der Waals surface area contributed by atoms with Crippen molar-refractivity contribution in [1.29, 1.82) is 0 Å². The molecule has 0 spiro atoms. The molecule has 1 N–H and O–H groups in total. The molecule has 1 saturated heterocycles. The number of carbonyl (C=O) groups is 1. The van der Waals surface area contributed by atoms with Crippen LogP contribution in [0.15, 0.2) is 89.8 Å². The van der Waals surface area contributed by atoms with Crippen molar-refractivity contribution < 1.29 is 17.9 Å². The maximum atomic E-state index is 13.5. The summed E-state index contributed by atoms with van der Waals surface area (Å²) in [7, 11) is -2.21. The molecule has 1 fully saturated rings. The van der Waals surface area contributed by atoms with Gasteiger partial charge in [-0.15, -0.1) is 0 Å². The van der Waals surface area contributed by atoms with E-state index in [1.54, 1.807) is 30.2 Å². The molecule has 178 valence electrons. The number of methoxy groups -OCH3 is 1. The van der Waals surface area contributed by atoms with Crippen LogP contribution in [0.4, 0.5) is 5.69 Å². The molecule has 0 radical (unpaired) electrons. The lowest BCUT2D eigenvalue weighted by molar-refractivity contribution is -0.133. The fourth-order valence-electron chi connectivity index (χ4n) is 4.16. The van der Waals surface area contributed by atoms with Crippen LogP contribution in [0.3, 0.4) is 0 Å². The molecule has 8 heteroatoms. The lowest BCUT2D eigenvalue weighted by Gasteiger charge is -2.38. The van der Waals surface area contributed by atoms with Gasteiger partial charge in [-0.05, 0) is 36.2 Å². The molecule has 1 atom stereocenters. The monoisotopic (exact) mass is 479 g/mol. The highest BCUT2D eigenvalue weighted by molar-refractivity contribution is 7.89. The predicted octanol–water partition coefficient (Wildman–Crippen LogP) is 2.93. The Kier molecular flexibility index (Phi) is 7.49. The first kappa shape index (κ1) is 23.8. The minimum absolute atomic E-state index is 0.141. The zero-order chi connectivity index (χ0) is 24.0. The van der Waals surface area contributed by atoms with Crippen LogP contribution < -0.4 is 14.4 Å². The Bertz CT molecular complexity index is 1190. The number of para-hydroxylation sites is 2. The highest BCUT2D eigenvalue weighted by atomic mass is 32.2. The van der Waals surface area contributed by atoms with Gasteiger partial charge in [0.2, 0.25) is 15.9 Å². The first-order chi connectivity index (χ1) is 16.5. The molecule has 34 heavy (non-hydrogen) atoms. The molecule has 1 amide bonds. The number of sulfonamides is 1. The van der Waals surface area contributed by atoms with Crippen molar-refractivity contribution in [1.82, 2.24) is 9.62 Å². The van der Waals surface area contributed by atoms with Crippen LogP contribution in [-0.2, 0) is 21.2 Å². The quantitative estimate of drug-likeness (QED) is 0.538. The van der Waals surface area contributed by atoms with Gasteiger partial charge in [-0.2, -0.15) is 4.72 Å². The van der Waals surface area contributed by atoms with Crippen molar-refractivity contribution in [3.63, 3.8) is 0 Å². The Labute approximate surface area is 201 Å². The lowest BCUT2D eigenvalue weighted by atomic mass is 10.1. The van der Waals surface area contributed by atoms with Gasteiger partial charge in [0.25, 0.3) is 0 Å². The number of carbonyl (C=O) groups excluding carboxylic acids is 1. The number of hydrogen-bond acceptors (Lipinski definition) is 5. The van der Waals surface area contributed by atoms with Gasteiger partial charge in [0.05, 0.1) is 17.7 Å². The number of amides is 1. The highest BCUT2D eigenvalue weighted by Gasteiger charge is 2.31. The summed E-state index contributed by atoms with van der Waals surface area (Å²) in [6, 6.07) is 24.5. The maximum Gasteiger partial charge on any atom is 0.241 e. The second-order valence-corrected chi connectivity index (χ2v) is 9.87. The van der Waals surface area contributed by atoms with E-state index < -0.39 is 16.1 Å². The first-order valence-electron chi connectivity index (χ1n) is 11.3. The zero-order valence-electron chi connectivity index (χ0n) is 19.1. The smallest absolute Gasteiger partial charge is 0.241 e. The number of rotatable bonds is 8. The zero-order valence-corrected chi connectivity index (χ0v) is 19.9. The van der Waals surface area contributed by atoms with Gasteiger partial charge in [-0.1, -0.05) is 60.7 Å². The molecule has 3 aromatic rings. The number of benzene rings is 3. The molecule has 1 aliphatic rings. The van der Waals surface area contributed by atoms with Crippen molar-refractivity contribution in [3.05, 3.63) is 90.5 Å². The Hall–Kier alpha value is -3.36. The molecule has 0 aromatic heterocycles. The van der Waals surface area contributed by atoms with Gasteiger partial charge in [0.15, 0.2) is 0 Å². The second kappa shape index (κ2) is 10.7. The summed E-state index contributed by atoms with van der Waals surface area (Å²) in [6.07, 6.45) is 0.276. The topological polar surface area (TPSA) is 79.0 Å². The minimum Gasteiger partial charge on any atom is -0.495 e. The Morgan fingerprint density at radius 2 is 1.47 bits per heavy atom. The molecule has 7 nitrogen and oxygen atoms in total. The van der Waals surface area contributed by atoms with E-state index in [1.807, 2.05) is 54.6 Å². The van der Waals surface area contributed by atoms with E-state index in [4.69, 9.17) is 4.74 Å². The number of hydrogen-bond donors (Lipinski definition) is 1. The number of nitrogens with one attached hydrogen (secondary N) is 1. The second-order valence-electron chi connectivity index (χ2n) is 8.16. The van der Waals surface area contributed by atoms with E-state index in [1.165, 1.54) is 12.1 Å². The lowest BCUT2D eigenvalue weighted by Crippen LogP contribution is -2.55. The SMILES string of the molecule is COc1ccccc1N1CCN(C(=O)[C@H](Cc2ccccc2)NS(=O)(=O)c2ccccc2)CC1. The van der Waals surface area contributed by atoms with Gasteiger partial charge < -0.3 is 14.5 Å². The normalized spacial score (nSPS) is 15.1. The summed E-state index contributed by atoms with van der Waals surface area (Å²) in [4.78, 5) is 17.6. The van der Waals surface area contributed by atoms with Crippen LogP contribution in [0.5, 0.6) is 5.75 Å². The standard InChI is InChI=1S/C26H29N3O4S/c1-33-25-15-9-8-14-24(25)28-16-18-29(19-17-28)26(30)23(20-21-10-4-2-5-11-21)27-34(31,32)22-12-6-3-7-13-22/h2-15,23,27H,16-20H2,1H3/t23-/m0/s1. The average Bonchev–Trinajstić information content (AvgIpc) is 2.89. The Morgan fingerprint density at radius 1 is 0.882 bits per heavy atom. The van der Waals surface area contributed by atoms with E-state index in [-0.39, 0.29) is 17.2 Å². The molecule has 1 aliphatic heterocycles. The average molecular weight is 480 g/mol. The van der Waals surface area contributed by atoms with Crippen molar-refractivity contribution in [3.8, 4) is 5.75 Å². The van der Waals surface area contributed by atoms with Gasteiger partial charge >= 0.3 is 0 Å². The van der Waals surface area contributed by atoms with E-state index in [0.29, 0.717) is 26.2 Å². The summed E-state index contributed by atoms with van der Waals surface area (Å²) in [5, 5.41) is 0. The van der Waals surface area contributed by atoms with Crippen molar-refractivity contribution in [2.24, 2.45) is 0 Å². The third-order valence-corrected chi connectivity index (χ3v) is 7.44. The van der Waals surface area contributed by atoms with E-state index in [2.05, 4.69) is 9.62 Å². The van der Waals surface area contributed by atoms with Crippen molar-refractivity contribution in [2.45, 2.75) is 17.4 Å². The Balaban J connectivity index is 1.50. The summed E-state index contributed by atoms with van der Waals surface area (Å²) in [5.74, 6) is 0.572. The molecule has 0 aliphatic carbocycles. The number of anilines is 1. The third kappa shape index (κ3) is 5.58. The molecule has 0 saturated carbocycles. The fraction of sp³-hybridized carbons (Fsp3) is 0.269. The summed E-state index contributed by atoms with van der Waals surface area (Å²) >= 11 is 0. The van der Waals surface area contributed by atoms with Crippen LogP contribution >= 0.6 is 0 Å². The fourth-order valence-corrected chi connectivity index (χ4v) is 5.37. The maximum absolute atomic E-state index is 13.5. The predicted molar refractivity (Wildman–Crippen MR) is 132 cm³/mol. The van der Waals surface area contributed by atoms with Crippen LogP contribution in [0, 0.1) is 0 Å². The van der Waals surface area contributed by atoms with Crippen molar-refractivity contribution in [2.75, 3.05) is 38.2 Å². The third-order valence-electron chi connectivity index (χ3n) is 5.95. The number of nitrogens with zero attached hydrogens (tertiary/aromatic N) is 2. The molecule has 3 aromatic carbocycles. The van der Waals surface area contributed by atoms with Crippen LogP contribution in [-0.4, -0.2) is 58.6 Å². The van der Waals surface area contributed by atoms with Gasteiger partial charge in [0, 0.05) is 26.2 Å². The molecular weight excluding hydrogens is 450 g/mol. The summed E-state index contributed by atoms with van der Waals surface area (Å²) in [5.41, 5.74) is 1.88. The number of ether oxygens (including phenoxy) is 1. The molecule has 4 rings (SSSR count). The molecular formula is C26H29N3O4S. The van der Waals surface area contributed by atoms with E-state index >= 15 is 0 Å². The van der Waals surface area contributed by atoms with Crippen LogP contribution in [0.2, 0.25) is 0 Å². The van der Waals surface area contributed by atoms with Crippen LogP contribution in [0.25, 0.3) is 0 Å². The minimum atomic E-state index is -3.85. The number of piperazine rings is 1. The molecule has 0 unspecified atom stereocenters. The highest BCUT2D eigenvalue weighted by Crippen LogP contribution is 2.28. The molecule has 0 bridgehead atoms. The van der Waals surface area contributed by atoms with Crippen molar-refractivity contribution >= 4 is 21.6 Å². The summed E-state index contributed by atoms with van der Waals surface area (Å²) < 4.78 is 34.2. The molecule has 1 heterocycles. The van der Waals surface area contributed by atoms with Gasteiger partial charge in [-0.25, -0.2) is 8.42 Å². The largest absolute Gasteiger partial charge is 0.495 e. The van der Waals surface area contributed by atoms with Gasteiger partial charge in [-0.3, -0.25) is 4.79 Å².